The van der Waals surface area contributed by atoms with Gasteiger partial charge in [-0.2, -0.15) is 0 Å². The topological polar surface area (TPSA) is 114 Å². The van der Waals surface area contributed by atoms with Gasteiger partial charge in [-0.1, -0.05) is 42.2 Å². The predicted octanol–water partition coefficient (Wildman–Crippen LogP) is -0.486. The molecule has 0 spiro atoms. The number of nitrogens with zero attached hydrogens (tertiary/aromatic N) is 1. The lowest BCUT2D eigenvalue weighted by Gasteiger charge is -2.29. The van der Waals surface area contributed by atoms with Gasteiger partial charge in [0.25, 0.3) is 5.56 Å². The Morgan fingerprint density at radius 2 is 2.07 bits per heavy atom. The molecule has 1 fully saturated rings. The van der Waals surface area contributed by atoms with E-state index in [4.69, 9.17) is 15.9 Å². The van der Waals surface area contributed by atoms with E-state index < -0.39 is 41.9 Å². The molecule has 2 aromatic rings. The third-order valence-electron chi connectivity index (χ3n) is 4.83. The summed E-state index contributed by atoms with van der Waals surface area (Å²) in [6, 6.07) is 9.39. The summed E-state index contributed by atoms with van der Waals surface area (Å²) in [6.07, 6.45) is 3.35. The minimum absolute atomic E-state index is 0.130. The van der Waals surface area contributed by atoms with Crippen LogP contribution in [0.15, 0.2) is 46.1 Å². The summed E-state index contributed by atoms with van der Waals surface area (Å²) in [7, 11) is 0. The minimum Gasteiger partial charge on any atom is -0.394 e. The summed E-state index contributed by atoms with van der Waals surface area (Å²) < 4.78 is 12.4. The second-order valence-electron chi connectivity index (χ2n) is 6.87. The van der Waals surface area contributed by atoms with Gasteiger partial charge in [-0.25, -0.2) is 4.79 Å². The maximum atomic E-state index is 12.6. The van der Waals surface area contributed by atoms with E-state index in [9.17, 15) is 19.8 Å². The summed E-state index contributed by atoms with van der Waals surface area (Å²) in [6.45, 7) is 0.886. The Morgan fingerprint density at radius 3 is 2.73 bits per heavy atom. The van der Waals surface area contributed by atoms with Gasteiger partial charge < -0.3 is 19.7 Å². The number of aromatic nitrogens is 2. The van der Waals surface area contributed by atoms with Gasteiger partial charge in [0.15, 0.2) is 0 Å². The van der Waals surface area contributed by atoms with Crippen LogP contribution in [0.5, 0.6) is 0 Å². The maximum Gasteiger partial charge on any atom is 0.331 e. The molecule has 0 saturated carbocycles. The molecule has 8 heteroatoms. The summed E-state index contributed by atoms with van der Waals surface area (Å²) in [4.78, 5) is 26.6. The van der Waals surface area contributed by atoms with Crippen molar-refractivity contribution in [3.8, 4) is 24.2 Å². The van der Waals surface area contributed by atoms with E-state index in [1.165, 1.54) is 13.1 Å². The van der Waals surface area contributed by atoms with Gasteiger partial charge in [0.2, 0.25) is 5.72 Å². The maximum absolute atomic E-state index is 12.6. The van der Waals surface area contributed by atoms with Gasteiger partial charge in [0, 0.05) is 18.2 Å². The molecule has 1 aliphatic rings. The van der Waals surface area contributed by atoms with Gasteiger partial charge >= 0.3 is 5.69 Å². The average Bonchev–Trinajstić information content (AvgIpc) is 3.02. The number of H-pyrrole nitrogens is 1. The van der Waals surface area contributed by atoms with E-state index >= 15 is 0 Å². The van der Waals surface area contributed by atoms with Crippen molar-refractivity contribution in [1.29, 1.82) is 0 Å². The van der Waals surface area contributed by atoms with Crippen LogP contribution < -0.4 is 11.2 Å². The first kappa shape index (κ1) is 21.6. The fourth-order valence-electron chi connectivity index (χ4n) is 3.32. The van der Waals surface area contributed by atoms with Crippen molar-refractivity contribution in [2.45, 2.75) is 37.4 Å². The van der Waals surface area contributed by atoms with E-state index in [0.717, 1.165) is 10.1 Å². The number of aromatic amines is 1. The Kier molecular flexibility index (Phi) is 6.56. The van der Waals surface area contributed by atoms with Gasteiger partial charge in [-0.3, -0.25) is 14.3 Å². The molecular formula is C22H22N2O6. The lowest BCUT2D eigenvalue weighted by atomic mass is 10.0. The Morgan fingerprint density at radius 1 is 1.33 bits per heavy atom. The van der Waals surface area contributed by atoms with Gasteiger partial charge in [-0.05, 0) is 18.4 Å². The lowest BCUT2D eigenvalue weighted by Crippen LogP contribution is -2.51. The predicted molar refractivity (Wildman–Crippen MR) is 108 cm³/mol. The number of hydrogen-bond acceptors (Lipinski definition) is 6. The number of nitrogens with one attached hydrogen (secondary N) is 1. The van der Waals surface area contributed by atoms with Crippen molar-refractivity contribution in [2.75, 3.05) is 13.2 Å². The molecule has 1 aromatic heterocycles. The molecule has 0 unspecified atom stereocenters. The third-order valence-corrected chi connectivity index (χ3v) is 4.83. The van der Waals surface area contributed by atoms with Crippen molar-refractivity contribution in [1.82, 2.24) is 9.55 Å². The Hall–Kier alpha value is -3.14. The molecule has 0 bridgehead atoms. The smallest absolute Gasteiger partial charge is 0.331 e. The molecule has 1 aliphatic heterocycles. The van der Waals surface area contributed by atoms with Crippen LogP contribution in [0.4, 0.5) is 0 Å². The van der Waals surface area contributed by atoms with Crippen LogP contribution in [-0.4, -0.2) is 51.3 Å². The molecule has 0 aliphatic carbocycles. The molecule has 8 nitrogen and oxygen atoms in total. The first-order chi connectivity index (χ1) is 14.4. The molecule has 2 heterocycles. The van der Waals surface area contributed by atoms with Crippen LogP contribution >= 0.6 is 0 Å². The summed E-state index contributed by atoms with van der Waals surface area (Å²) in [5.74, 6) is 8.07. The second-order valence-corrected chi connectivity index (χ2v) is 6.87. The summed E-state index contributed by atoms with van der Waals surface area (Å²) in [5.41, 5.74) is -2.10. The first-order valence-corrected chi connectivity index (χ1v) is 9.31. The quantitative estimate of drug-likeness (QED) is 0.574. The average molecular weight is 410 g/mol. The summed E-state index contributed by atoms with van der Waals surface area (Å²) in [5, 5.41) is 20.8. The Labute approximate surface area is 173 Å². The van der Waals surface area contributed by atoms with Crippen molar-refractivity contribution in [3.05, 3.63) is 68.5 Å². The highest BCUT2D eigenvalue weighted by molar-refractivity contribution is 5.26. The SMILES string of the molecule is C#CCO[C@H]1[C@@H](O)[C@](C#CCc2ccccc2)(n2cc(C)c(=O)[nH]c2=O)O[C@@H]1CO. The summed E-state index contributed by atoms with van der Waals surface area (Å²) >= 11 is 0. The van der Waals surface area contributed by atoms with Crippen LogP contribution in [0, 0.1) is 31.1 Å². The number of rotatable bonds is 5. The zero-order valence-electron chi connectivity index (χ0n) is 16.4. The fraction of sp³-hybridized carbons (Fsp3) is 0.364. The van der Waals surface area contributed by atoms with E-state index in [-0.39, 0.29) is 12.2 Å². The zero-order chi connectivity index (χ0) is 21.7. The Bertz CT molecular complexity index is 1100. The molecule has 1 saturated heterocycles. The monoisotopic (exact) mass is 410 g/mol. The largest absolute Gasteiger partial charge is 0.394 e. The molecule has 3 N–H and O–H groups in total. The molecule has 30 heavy (non-hydrogen) atoms. The van der Waals surface area contributed by atoms with E-state index in [1.54, 1.807) is 0 Å². The number of hydrogen-bond donors (Lipinski definition) is 3. The molecule has 0 amide bonds. The number of aryl methyl sites for hydroxylation is 1. The first-order valence-electron chi connectivity index (χ1n) is 9.31. The van der Waals surface area contributed by atoms with Gasteiger partial charge in [0.05, 0.1) is 6.61 Å². The van der Waals surface area contributed by atoms with E-state index in [0.29, 0.717) is 6.42 Å². The van der Waals surface area contributed by atoms with Crippen molar-refractivity contribution in [3.63, 3.8) is 0 Å². The molecular weight excluding hydrogens is 388 g/mol. The number of aliphatic hydroxyl groups excluding tert-OH is 2. The number of aliphatic hydroxyl groups is 2. The van der Waals surface area contributed by atoms with Crippen LogP contribution in [0.1, 0.15) is 11.1 Å². The van der Waals surface area contributed by atoms with E-state index in [1.807, 2.05) is 30.3 Å². The van der Waals surface area contributed by atoms with Crippen LogP contribution in [0.25, 0.3) is 0 Å². The third kappa shape index (κ3) is 4.09. The van der Waals surface area contributed by atoms with Crippen molar-refractivity contribution in [2.24, 2.45) is 0 Å². The molecule has 156 valence electrons. The standard InChI is InChI=1S/C22H22N2O6/c1-3-12-29-18-17(14-25)30-22(19(18)26,11-7-10-16-8-5-4-6-9-16)24-13-15(2)20(27)23-21(24)28/h1,4-6,8-9,13,17-19,25-26H,10,12,14H2,2H3,(H,23,27,28)/t17-,18-,19-,22-/m1/s1. The zero-order valence-corrected chi connectivity index (χ0v) is 16.4. The molecule has 0 radical (unpaired) electrons. The second kappa shape index (κ2) is 9.12. The highest BCUT2D eigenvalue weighted by Gasteiger charge is 2.56. The van der Waals surface area contributed by atoms with Gasteiger partial charge in [0.1, 0.15) is 24.9 Å². The lowest BCUT2D eigenvalue weighted by molar-refractivity contribution is -0.108. The van der Waals surface area contributed by atoms with E-state index in [2.05, 4.69) is 22.7 Å². The van der Waals surface area contributed by atoms with Crippen LogP contribution in [-0.2, 0) is 21.6 Å². The number of terminal acetylenes is 1. The minimum atomic E-state index is -1.88. The Balaban J connectivity index is 2.11. The van der Waals surface area contributed by atoms with Gasteiger partial charge in [-0.15, -0.1) is 6.42 Å². The number of benzene rings is 1. The number of ether oxygens (including phenoxy) is 2. The molecule has 4 atom stereocenters. The normalized spacial score (nSPS) is 25.3. The molecule has 3 rings (SSSR count). The van der Waals surface area contributed by atoms with Crippen molar-refractivity contribution >= 4 is 0 Å². The highest BCUT2D eigenvalue weighted by atomic mass is 16.6. The van der Waals surface area contributed by atoms with Crippen LogP contribution in [0.3, 0.4) is 0 Å². The van der Waals surface area contributed by atoms with Crippen LogP contribution in [0.2, 0.25) is 0 Å². The highest BCUT2D eigenvalue weighted by Crippen LogP contribution is 2.36. The molecule has 1 aromatic carbocycles. The fourth-order valence-corrected chi connectivity index (χ4v) is 3.32. The van der Waals surface area contributed by atoms with Crippen molar-refractivity contribution < 1.29 is 19.7 Å².